The minimum atomic E-state index is 0.516. The van der Waals surface area contributed by atoms with Crippen molar-refractivity contribution in [2.75, 3.05) is 19.8 Å². The van der Waals surface area contributed by atoms with Crippen LogP contribution in [-0.4, -0.2) is 26.1 Å². The quantitative estimate of drug-likeness (QED) is 0.323. The summed E-state index contributed by atoms with van der Waals surface area (Å²) >= 11 is 2.15. The van der Waals surface area contributed by atoms with E-state index in [1.165, 1.54) is 5.56 Å². The van der Waals surface area contributed by atoms with Crippen molar-refractivity contribution in [3.63, 3.8) is 0 Å². The van der Waals surface area contributed by atoms with E-state index in [1.54, 1.807) is 12.1 Å². The Morgan fingerprint density at radius 2 is 1.75 bits per heavy atom. The standard InChI is InChI=1S/C19H21IO4/c1-3-22-18-12-15(13-21)11-17(20)19(18)24-10-4-9-23-16-7-5-14(2)6-8-16/h5-8,11-13H,3-4,9-10H2,1-2H3. The summed E-state index contributed by atoms with van der Waals surface area (Å²) in [7, 11) is 0. The van der Waals surface area contributed by atoms with Gasteiger partial charge in [-0.3, -0.25) is 4.79 Å². The van der Waals surface area contributed by atoms with Crippen molar-refractivity contribution in [3.05, 3.63) is 51.1 Å². The van der Waals surface area contributed by atoms with Crippen LogP contribution in [0.3, 0.4) is 0 Å². The molecule has 0 unspecified atom stereocenters. The predicted molar refractivity (Wildman–Crippen MR) is 103 cm³/mol. The summed E-state index contributed by atoms with van der Waals surface area (Å²) in [6, 6.07) is 11.5. The first kappa shape index (κ1) is 18.6. The van der Waals surface area contributed by atoms with Crippen LogP contribution in [0.1, 0.15) is 29.3 Å². The number of halogens is 1. The van der Waals surface area contributed by atoms with Crippen molar-refractivity contribution in [3.8, 4) is 17.2 Å². The van der Waals surface area contributed by atoms with Gasteiger partial charge < -0.3 is 14.2 Å². The van der Waals surface area contributed by atoms with Gasteiger partial charge in [0.15, 0.2) is 11.5 Å². The zero-order valence-corrected chi connectivity index (χ0v) is 16.0. The molecule has 5 heteroatoms. The zero-order chi connectivity index (χ0) is 17.4. The van der Waals surface area contributed by atoms with Gasteiger partial charge in [-0.2, -0.15) is 0 Å². The molecule has 24 heavy (non-hydrogen) atoms. The summed E-state index contributed by atoms with van der Waals surface area (Å²) in [5.74, 6) is 2.14. The molecule has 2 rings (SSSR count). The molecule has 0 atom stereocenters. The molecule has 0 radical (unpaired) electrons. The lowest BCUT2D eigenvalue weighted by molar-refractivity contribution is 0.112. The summed E-state index contributed by atoms with van der Waals surface area (Å²) in [5.41, 5.74) is 1.79. The summed E-state index contributed by atoms with van der Waals surface area (Å²) in [6.07, 6.45) is 1.56. The maximum atomic E-state index is 11.0. The summed E-state index contributed by atoms with van der Waals surface area (Å²) in [5, 5.41) is 0. The number of carbonyl (C=O) groups excluding carboxylic acids is 1. The number of carbonyl (C=O) groups is 1. The molecule has 0 aliphatic carbocycles. The van der Waals surface area contributed by atoms with E-state index in [-0.39, 0.29) is 0 Å². The molecular weight excluding hydrogens is 419 g/mol. The highest BCUT2D eigenvalue weighted by Gasteiger charge is 2.12. The summed E-state index contributed by atoms with van der Waals surface area (Å²) in [6.45, 7) is 5.56. The average Bonchev–Trinajstić information content (AvgIpc) is 2.58. The van der Waals surface area contributed by atoms with Gasteiger partial charge in [-0.25, -0.2) is 0 Å². The number of aldehydes is 1. The molecule has 2 aromatic carbocycles. The minimum absolute atomic E-state index is 0.516. The monoisotopic (exact) mass is 440 g/mol. The molecular formula is C19H21IO4. The van der Waals surface area contributed by atoms with Gasteiger partial charge in [-0.15, -0.1) is 0 Å². The van der Waals surface area contributed by atoms with E-state index in [9.17, 15) is 4.79 Å². The highest BCUT2D eigenvalue weighted by Crippen LogP contribution is 2.34. The van der Waals surface area contributed by atoms with E-state index in [4.69, 9.17) is 14.2 Å². The molecule has 4 nitrogen and oxygen atoms in total. The number of hydrogen-bond acceptors (Lipinski definition) is 4. The van der Waals surface area contributed by atoms with Crippen LogP contribution >= 0.6 is 22.6 Å². The van der Waals surface area contributed by atoms with E-state index < -0.39 is 0 Å². The number of benzene rings is 2. The molecule has 2 aromatic rings. The maximum absolute atomic E-state index is 11.0. The van der Waals surface area contributed by atoms with Crippen molar-refractivity contribution < 1.29 is 19.0 Å². The number of ether oxygens (including phenoxy) is 3. The van der Waals surface area contributed by atoms with Crippen LogP contribution in [0.5, 0.6) is 17.2 Å². The molecule has 0 bridgehead atoms. The third-order valence-corrected chi connectivity index (χ3v) is 4.09. The first-order valence-electron chi connectivity index (χ1n) is 7.87. The first-order chi connectivity index (χ1) is 11.6. The van der Waals surface area contributed by atoms with E-state index in [0.717, 1.165) is 22.0 Å². The van der Waals surface area contributed by atoms with Crippen LogP contribution in [0.25, 0.3) is 0 Å². The Hall–Kier alpha value is -1.76. The van der Waals surface area contributed by atoms with Crippen molar-refractivity contribution >= 4 is 28.9 Å². The Kier molecular flexibility index (Phi) is 7.36. The van der Waals surface area contributed by atoms with Gasteiger partial charge in [0, 0.05) is 12.0 Å². The molecule has 0 amide bonds. The SMILES string of the molecule is CCOc1cc(C=O)cc(I)c1OCCCOc1ccc(C)cc1. The molecule has 0 heterocycles. The van der Waals surface area contributed by atoms with Gasteiger partial charge >= 0.3 is 0 Å². The predicted octanol–water partition coefficient (Wildman–Crippen LogP) is 4.66. The van der Waals surface area contributed by atoms with Crippen LogP contribution in [0, 0.1) is 10.5 Å². The fourth-order valence-electron chi connectivity index (χ4n) is 2.12. The van der Waals surface area contributed by atoms with Crippen molar-refractivity contribution in [2.45, 2.75) is 20.3 Å². The molecule has 128 valence electrons. The van der Waals surface area contributed by atoms with E-state index in [1.807, 2.05) is 38.1 Å². The number of rotatable bonds is 9. The fraction of sp³-hybridized carbons (Fsp3) is 0.316. The third kappa shape index (κ3) is 5.40. The normalized spacial score (nSPS) is 10.3. The average molecular weight is 440 g/mol. The van der Waals surface area contributed by atoms with Gasteiger partial charge in [-0.1, -0.05) is 17.7 Å². The van der Waals surface area contributed by atoms with Crippen LogP contribution in [0.4, 0.5) is 0 Å². The van der Waals surface area contributed by atoms with Gasteiger partial charge in [-0.05, 0) is 60.7 Å². The molecule has 0 saturated carbocycles. The number of aryl methyl sites for hydroxylation is 1. The third-order valence-electron chi connectivity index (χ3n) is 3.29. The lowest BCUT2D eigenvalue weighted by Gasteiger charge is -2.14. The van der Waals surface area contributed by atoms with Crippen LogP contribution < -0.4 is 14.2 Å². The Morgan fingerprint density at radius 1 is 1.04 bits per heavy atom. The molecule has 0 aliphatic rings. The van der Waals surface area contributed by atoms with Crippen LogP contribution in [0.2, 0.25) is 0 Å². The fourth-order valence-corrected chi connectivity index (χ4v) is 2.90. The topological polar surface area (TPSA) is 44.8 Å². The second-order valence-corrected chi connectivity index (χ2v) is 6.41. The largest absolute Gasteiger partial charge is 0.493 e. The lowest BCUT2D eigenvalue weighted by Crippen LogP contribution is -2.07. The van der Waals surface area contributed by atoms with Crippen LogP contribution in [0.15, 0.2) is 36.4 Å². The van der Waals surface area contributed by atoms with Gasteiger partial charge in [0.2, 0.25) is 0 Å². The zero-order valence-electron chi connectivity index (χ0n) is 13.9. The number of hydrogen-bond donors (Lipinski definition) is 0. The summed E-state index contributed by atoms with van der Waals surface area (Å²) < 4.78 is 18.0. The Balaban J connectivity index is 1.87. The van der Waals surface area contributed by atoms with Crippen molar-refractivity contribution in [1.29, 1.82) is 0 Å². The molecule has 0 fully saturated rings. The van der Waals surface area contributed by atoms with Crippen LogP contribution in [-0.2, 0) is 0 Å². The van der Waals surface area contributed by atoms with Gasteiger partial charge in [0.1, 0.15) is 12.0 Å². The van der Waals surface area contributed by atoms with Crippen molar-refractivity contribution in [2.24, 2.45) is 0 Å². The molecule has 0 aliphatic heterocycles. The molecule has 0 saturated heterocycles. The Labute approximate surface area is 156 Å². The highest BCUT2D eigenvalue weighted by atomic mass is 127. The lowest BCUT2D eigenvalue weighted by atomic mass is 10.2. The molecule has 0 spiro atoms. The molecule has 0 aromatic heterocycles. The Morgan fingerprint density at radius 3 is 2.42 bits per heavy atom. The summed E-state index contributed by atoms with van der Waals surface area (Å²) in [4.78, 5) is 11.0. The smallest absolute Gasteiger partial charge is 0.174 e. The van der Waals surface area contributed by atoms with E-state index in [0.29, 0.717) is 36.9 Å². The van der Waals surface area contributed by atoms with E-state index >= 15 is 0 Å². The maximum Gasteiger partial charge on any atom is 0.174 e. The minimum Gasteiger partial charge on any atom is -0.493 e. The second kappa shape index (κ2) is 9.52. The first-order valence-corrected chi connectivity index (χ1v) is 8.95. The van der Waals surface area contributed by atoms with Gasteiger partial charge in [0.25, 0.3) is 0 Å². The second-order valence-electron chi connectivity index (χ2n) is 5.24. The van der Waals surface area contributed by atoms with E-state index in [2.05, 4.69) is 22.6 Å². The Bertz CT molecular complexity index is 668. The van der Waals surface area contributed by atoms with Crippen molar-refractivity contribution in [1.82, 2.24) is 0 Å². The molecule has 0 N–H and O–H groups in total. The van der Waals surface area contributed by atoms with Gasteiger partial charge in [0.05, 0.1) is 23.4 Å². The highest BCUT2D eigenvalue weighted by molar-refractivity contribution is 14.1.